The second kappa shape index (κ2) is 6.45. The maximum Gasteiger partial charge on any atom is 0.263 e. The summed E-state index contributed by atoms with van der Waals surface area (Å²) in [6, 6.07) is 8.17. The molecular weight excluding hydrogens is 316 g/mol. The molecule has 1 aliphatic heterocycles. The van der Waals surface area contributed by atoms with Crippen molar-refractivity contribution in [3.05, 3.63) is 42.1 Å². The molecule has 0 amide bonds. The summed E-state index contributed by atoms with van der Waals surface area (Å²) < 4.78 is 38.6. The number of sulfonamides is 1. The molecular formula is C16H18N2O4S. The molecule has 23 heavy (non-hydrogen) atoms. The first-order chi connectivity index (χ1) is 11.1. The molecule has 0 unspecified atom stereocenters. The van der Waals surface area contributed by atoms with E-state index in [0.717, 1.165) is 18.4 Å². The van der Waals surface area contributed by atoms with Gasteiger partial charge in [-0.15, -0.1) is 0 Å². The zero-order valence-electron chi connectivity index (χ0n) is 12.8. The molecule has 7 heteroatoms. The number of nitrogens with one attached hydrogen (secondary N) is 1. The molecule has 0 spiro atoms. The lowest BCUT2D eigenvalue weighted by atomic mass is 10.2. The number of hydrogen-bond donors (Lipinski definition) is 1. The summed E-state index contributed by atoms with van der Waals surface area (Å²) in [6.07, 6.45) is 3.16. The molecule has 1 aliphatic rings. The number of nitrogens with zero attached hydrogens (tertiary/aromatic N) is 1. The summed E-state index contributed by atoms with van der Waals surface area (Å²) in [5.41, 5.74) is 1.01. The van der Waals surface area contributed by atoms with Gasteiger partial charge in [-0.1, -0.05) is 6.92 Å². The fourth-order valence-corrected chi connectivity index (χ4v) is 3.27. The van der Waals surface area contributed by atoms with Gasteiger partial charge in [-0.25, -0.2) is 13.4 Å². The largest absolute Gasteiger partial charge is 0.490 e. The Bertz CT molecular complexity index is 805. The maximum atomic E-state index is 12.5. The van der Waals surface area contributed by atoms with E-state index >= 15 is 0 Å². The zero-order chi connectivity index (χ0) is 16.3. The molecule has 3 rings (SSSR count). The van der Waals surface area contributed by atoms with Gasteiger partial charge in [-0.3, -0.25) is 4.72 Å². The molecule has 1 N–H and O–H groups in total. The van der Waals surface area contributed by atoms with Crippen molar-refractivity contribution < 1.29 is 17.9 Å². The van der Waals surface area contributed by atoms with Crippen LogP contribution in [0.4, 0.5) is 5.82 Å². The number of fused-ring (bicyclic) bond motifs is 1. The van der Waals surface area contributed by atoms with Crippen molar-refractivity contribution in [3.63, 3.8) is 0 Å². The van der Waals surface area contributed by atoms with Crippen molar-refractivity contribution in [1.82, 2.24) is 4.98 Å². The molecule has 6 nitrogen and oxygen atoms in total. The summed E-state index contributed by atoms with van der Waals surface area (Å²) in [4.78, 5) is 4.17. The quantitative estimate of drug-likeness (QED) is 0.930. The fraction of sp³-hybridized carbons (Fsp3) is 0.312. The lowest BCUT2D eigenvalue weighted by Crippen LogP contribution is -2.14. The predicted octanol–water partition coefficient (Wildman–Crippen LogP) is 2.61. The second-order valence-corrected chi connectivity index (χ2v) is 6.85. The SMILES string of the molecule is CCc1ccnc(NS(=O)(=O)c2ccc3c(c2)OCCCO3)c1. The average Bonchev–Trinajstić information content (AvgIpc) is 2.79. The van der Waals surface area contributed by atoms with Crippen LogP contribution >= 0.6 is 0 Å². The van der Waals surface area contributed by atoms with Gasteiger partial charge in [0, 0.05) is 18.7 Å². The molecule has 0 atom stereocenters. The van der Waals surface area contributed by atoms with Crippen molar-refractivity contribution in [2.24, 2.45) is 0 Å². The Hall–Kier alpha value is -2.28. The number of rotatable bonds is 4. The van der Waals surface area contributed by atoms with Gasteiger partial charge in [-0.05, 0) is 36.2 Å². The van der Waals surface area contributed by atoms with E-state index < -0.39 is 10.0 Å². The molecule has 1 aromatic carbocycles. The smallest absolute Gasteiger partial charge is 0.263 e. The highest BCUT2D eigenvalue weighted by molar-refractivity contribution is 7.92. The number of pyridine rings is 1. The Kier molecular flexibility index (Phi) is 4.38. The lowest BCUT2D eigenvalue weighted by molar-refractivity contribution is 0.297. The van der Waals surface area contributed by atoms with Crippen molar-refractivity contribution in [3.8, 4) is 11.5 Å². The lowest BCUT2D eigenvalue weighted by Gasteiger charge is -2.11. The molecule has 2 heterocycles. The number of aryl methyl sites for hydroxylation is 1. The fourth-order valence-electron chi connectivity index (χ4n) is 2.26. The van der Waals surface area contributed by atoms with Crippen molar-refractivity contribution in [1.29, 1.82) is 0 Å². The van der Waals surface area contributed by atoms with Gasteiger partial charge in [0.2, 0.25) is 0 Å². The van der Waals surface area contributed by atoms with E-state index in [-0.39, 0.29) is 4.90 Å². The highest BCUT2D eigenvalue weighted by Gasteiger charge is 2.19. The molecule has 0 saturated heterocycles. The zero-order valence-corrected chi connectivity index (χ0v) is 13.6. The van der Waals surface area contributed by atoms with Gasteiger partial charge >= 0.3 is 0 Å². The van der Waals surface area contributed by atoms with E-state index in [1.165, 1.54) is 12.1 Å². The van der Waals surface area contributed by atoms with Crippen LogP contribution in [0.1, 0.15) is 18.9 Å². The van der Waals surface area contributed by atoms with E-state index in [2.05, 4.69) is 9.71 Å². The Morgan fingerprint density at radius 3 is 2.70 bits per heavy atom. The third-order valence-corrected chi connectivity index (χ3v) is 4.85. The van der Waals surface area contributed by atoms with Crippen LogP contribution in [0.3, 0.4) is 0 Å². The highest BCUT2D eigenvalue weighted by Crippen LogP contribution is 2.32. The molecule has 0 radical (unpaired) electrons. The van der Waals surface area contributed by atoms with Crippen molar-refractivity contribution >= 4 is 15.8 Å². The van der Waals surface area contributed by atoms with Crippen LogP contribution < -0.4 is 14.2 Å². The maximum absolute atomic E-state index is 12.5. The number of aromatic nitrogens is 1. The monoisotopic (exact) mass is 334 g/mol. The molecule has 122 valence electrons. The number of ether oxygens (including phenoxy) is 2. The Morgan fingerprint density at radius 2 is 1.91 bits per heavy atom. The molecule has 0 saturated carbocycles. The Balaban J connectivity index is 1.88. The average molecular weight is 334 g/mol. The first-order valence-electron chi connectivity index (χ1n) is 7.46. The molecule has 2 aromatic rings. The minimum atomic E-state index is -3.73. The minimum Gasteiger partial charge on any atom is -0.490 e. The van der Waals surface area contributed by atoms with Gasteiger partial charge in [0.25, 0.3) is 10.0 Å². The third kappa shape index (κ3) is 3.56. The van der Waals surface area contributed by atoms with Gasteiger partial charge in [0.05, 0.1) is 18.1 Å². The Labute approximate surface area is 135 Å². The van der Waals surface area contributed by atoms with Gasteiger partial charge in [0.15, 0.2) is 11.5 Å². The van der Waals surface area contributed by atoms with E-state index in [9.17, 15) is 8.42 Å². The first kappa shape index (κ1) is 15.6. The van der Waals surface area contributed by atoms with Crippen molar-refractivity contribution in [2.75, 3.05) is 17.9 Å². The first-order valence-corrected chi connectivity index (χ1v) is 8.94. The van der Waals surface area contributed by atoms with Crippen LogP contribution in [0.5, 0.6) is 11.5 Å². The summed E-state index contributed by atoms with van der Waals surface area (Å²) in [7, 11) is -3.73. The Morgan fingerprint density at radius 1 is 1.13 bits per heavy atom. The van der Waals surface area contributed by atoms with E-state index in [0.29, 0.717) is 30.5 Å². The predicted molar refractivity (Wildman–Crippen MR) is 86.5 cm³/mol. The summed E-state index contributed by atoms with van der Waals surface area (Å²) in [5, 5.41) is 0. The van der Waals surface area contributed by atoms with Crippen LogP contribution in [0.15, 0.2) is 41.4 Å². The van der Waals surface area contributed by atoms with Crippen LogP contribution in [-0.2, 0) is 16.4 Å². The highest BCUT2D eigenvalue weighted by atomic mass is 32.2. The molecule has 0 aliphatic carbocycles. The summed E-state index contributed by atoms with van der Waals surface area (Å²) >= 11 is 0. The van der Waals surface area contributed by atoms with Gasteiger partial charge < -0.3 is 9.47 Å². The molecule has 0 fully saturated rings. The number of hydrogen-bond acceptors (Lipinski definition) is 5. The van der Waals surface area contributed by atoms with Gasteiger partial charge in [-0.2, -0.15) is 0 Å². The number of anilines is 1. The molecule has 1 aromatic heterocycles. The third-order valence-electron chi connectivity index (χ3n) is 3.50. The van der Waals surface area contributed by atoms with Crippen molar-refractivity contribution in [2.45, 2.75) is 24.7 Å². The van der Waals surface area contributed by atoms with E-state index in [4.69, 9.17) is 9.47 Å². The number of benzene rings is 1. The topological polar surface area (TPSA) is 77.5 Å². The summed E-state index contributed by atoms with van der Waals surface area (Å²) in [5.74, 6) is 1.31. The normalized spacial score (nSPS) is 14.1. The van der Waals surface area contributed by atoms with Crippen LogP contribution in [0.2, 0.25) is 0 Å². The van der Waals surface area contributed by atoms with E-state index in [1.807, 2.05) is 13.0 Å². The second-order valence-electron chi connectivity index (χ2n) is 5.17. The van der Waals surface area contributed by atoms with Crippen LogP contribution in [-0.4, -0.2) is 26.6 Å². The van der Waals surface area contributed by atoms with E-state index in [1.54, 1.807) is 18.3 Å². The van der Waals surface area contributed by atoms with Crippen LogP contribution in [0, 0.1) is 0 Å². The minimum absolute atomic E-state index is 0.116. The van der Waals surface area contributed by atoms with Crippen LogP contribution in [0.25, 0.3) is 0 Å². The van der Waals surface area contributed by atoms with Gasteiger partial charge in [0.1, 0.15) is 5.82 Å². The molecule has 0 bridgehead atoms. The standard InChI is InChI=1S/C16H18N2O4S/c1-2-12-6-7-17-16(10-12)18-23(19,20)13-4-5-14-15(11-13)22-9-3-8-21-14/h4-7,10-11H,2-3,8-9H2,1H3,(H,17,18). The summed E-state index contributed by atoms with van der Waals surface area (Å²) in [6.45, 7) is 3.06.